The van der Waals surface area contributed by atoms with Crippen molar-refractivity contribution in [3.63, 3.8) is 0 Å². The van der Waals surface area contributed by atoms with Gasteiger partial charge >= 0.3 is 0 Å². The molecule has 10 heteroatoms. The molecule has 2 heterocycles. The summed E-state index contributed by atoms with van der Waals surface area (Å²) in [4.78, 5) is 24.4. The van der Waals surface area contributed by atoms with Crippen LogP contribution in [-0.2, 0) is 21.5 Å². The standard InChI is InChI=1S/C19H34N6O3.HI/c1-19(2,3)15-12-21-16(28-15)13-22-18(23-14-17(26)24(4)5)20-6-7-25-8-10-27-11-9-25;/h12H,6-11,13-14H2,1-5H3,(H2,20,22,23);1H. The summed E-state index contributed by atoms with van der Waals surface area (Å²) in [5.74, 6) is 1.94. The van der Waals surface area contributed by atoms with Gasteiger partial charge in [0.1, 0.15) is 12.3 Å². The Bertz CT molecular complexity index is 651. The van der Waals surface area contributed by atoms with Gasteiger partial charge in [0.05, 0.1) is 26.0 Å². The molecule has 0 unspecified atom stereocenters. The van der Waals surface area contributed by atoms with E-state index in [0.29, 0.717) is 18.4 Å². The van der Waals surface area contributed by atoms with Gasteiger partial charge in [-0.15, -0.1) is 24.0 Å². The average molecular weight is 522 g/mol. The molecular weight excluding hydrogens is 487 g/mol. The number of aromatic nitrogens is 1. The van der Waals surface area contributed by atoms with Gasteiger partial charge in [-0.1, -0.05) is 20.8 Å². The van der Waals surface area contributed by atoms with Gasteiger partial charge in [-0.05, 0) is 0 Å². The lowest BCUT2D eigenvalue weighted by Gasteiger charge is -2.26. The van der Waals surface area contributed by atoms with E-state index in [2.05, 4.69) is 46.3 Å². The third-order valence-electron chi connectivity index (χ3n) is 4.40. The molecular formula is C19H35IN6O3. The Kier molecular flexibility index (Phi) is 10.9. The average Bonchev–Trinajstić information content (AvgIpc) is 3.13. The molecule has 0 radical (unpaired) electrons. The predicted molar refractivity (Wildman–Crippen MR) is 124 cm³/mol. The molecule has 0 aromatic carbocycles. The summed E-state index contributed by atoms with van der Waals surface area (Å²) in [6, 6.07) is 0. The molecule has 1 amide bonds. The highest BCUT2D eigenvalue weighted by molar-refractivity contribution is 14.0. The summed E-state index contributed by atoms with van der Waals surface area (Å²) in [6.45, 7) is 11.8. The lowest BCUT2D eigenvalue weighted by Crippen LogP contribution is -2.44. The van der Waals surface area contributed by atoms with E-state index in [-0.39, 0.29) is 41.8 Å². The number of hydrogen-bond acceptors (Lipinski definition) is 6. The number of nitrogens with zero attached hydrogens (tertiary/aromatic N) is 4. The van der Waals surface area contributed by atoms with Gasteiger partial charge in [0.15, 0.2) is 5.96 Å². The molecule has 1 aliphatic heterocycles. The van der Waals surface area contributed by atoms with Crippen LogP contribution in [0.1, 0.15) is 32.4 Å². The molecule has 166 valence electrons. The maximum atomic E-state index is 11.9. The Balaban J connectivity index is 0.00000420. The van der Waals surface area contributed by atoms with E-state index in [1.54, 1.807) is 20.3 Å². The lowest BCUT2D eigenvalue weighted by atomic mass is 9.94. The third kappa shape index (κ3) is 9.30. The summed E-state index contributed by atoms with van der Waals surface area (Å²) in [5, 5.41) is 6.49. The highest BCUT2D eigenvalue weighted by atomic mass is 127. The Hall–Kier alpha value is -1.40. The second kappa shape index (κ2) is 12.3. The van der Waals surface area contributed by atoms with Crippen LogP contribution in [0.25, 0.3) is 0 Å². The largest absolute Gasteiger partial charge is 0.443 e. The first-order valence-electron chi connectivity index (χ1n) is 9.73. The van der Waals surface area contributed by atoms with Crippen molar-refractivity contribution in [2.24, 2.45) is 4.99 Å². The Morgan fingerprint density at radius 2 is 1.97 bits per heavy atom. The number of morpholine rings is 1. The summed E-state index contributed by atoms with van der Waals surface area (Å²) in [7, 11) is 3.44. The molecule has 0 aliphatic carbocycles. The van der Waals surface area contributed by atoms with Crippen molar-refractivity contribution in [2.45, 2.75) is 32.7 Å². The first-order chi connectivity index (χ1) is 13.3. The molecule has 29 heavy (non-hydrogen) atoms. The number of nitrogens with one attached hydrogen (secondary N) is 2. The van der Waals surface area contributed by atoms with Crippen LogP contribution in [0, 0.1) is 0 Å². The number of rotatable bonds is 7. The topological polar surface area (TPSA) is 95.2 Å². The van der Waals surface area contributed by atoms with Crippen LogP contribution in [0.15, 0.2) is 15.6 Å². The smallest absolute Gasteiger partial charge is 0.243 e. The van der Waals surface area contributed by atoms with Crippen molar-refractivity contribution in [1.82, 2.24) is 25.4 Å². The minimum Gasteiger partial charge on any atom is -0.443 e. The quantitative estimate of drug-likeness (QED) is 0.314. The molecule has 0 bridgehead atoms. The van der Waals surface area contributed by atoms with E-state index in [4.69, 9.17) is 9.15 Å². The SMILES string of the molecule is CN(C)C(=O)CN=C(NCCN1CCOCC1)NCc1ncc(C(C)(C)C)o1.I. The maximum absolute atomic E-state index is 11.9. The monoisotopic (exact) mass is 522 g/mol. The second-order valence-electron chi connectivity index (χ2n) is 8.06. The number of guanidine groups is 1. The van der Waals surface area contributed by atoms with Crippen molar-refractivity contribution in [3.8, 4) is 0 Å². The molecule has 1 aromatic rings. The molecule has 0 atom stereocenters. The van der Waals surface area contributed by atoms with Crippen LogP contribution in [0.5, 0.6) is 0 Å². The van der Waals surface area contributed by atoms with Crippen molar-refractivity contribution < 1.29 is 13.9 Å². The van der Waals surface area contributed by atoms with E-state index in [1.807, 2.05) is 0 Å². The number of ether oxygens (including phenoxy) is 1. The third-order valence-corrected chi connectivity index (χ3v) is 4.40. The number of likely N-dealkylation sites (N-methyl/N-ethyl adjacent to an activating group) is 1. The lowest BCUT2D eigenvalue weighted by molar-refractivity contribution is -0.127. The summed E-state index contributed by atoms with van der Waals surface area (Å²) in [6.07, 6.45) is 1.76. The summed E-state index contributed by atoms with van der Waals surface area (Å²) < 4.78 is 11.2. The fraction of sp³-hybridized carbons (Fsp3) is 0.737. The molecule has 0 saturated carbocycles. The molecule has 1 saturated heterocycles. The van der Waals surface area contributed by atoms with Gasteiger partial charge < -0.3 is 24.7 Å². The van der Waals surface area contributed by atoms with Crippen LogP contribution >= 0.6 is 24.0 Å². The number of halogens is 1. The fourth-order valence-corrected chi connectivity index (χ4v) is 2.52. The van der Waals surface area contributed by atoms with Crippen molar-refractivity contribution >= 4 is 35.8 Å². The summed E-state index contributed by atoms with van der Waals surface area (Å²) in [5.41, 5.74) is -0.0866. The van der Waals surface area contributed by atoms with Gasteiger partial charge in [0.2, 0.25) is 11.8 Å². The van der Waals surface area contributed by atoms with Gasteiger partial charge in [-0.25, -0.2) is 9.98 Å². The van der Waals surface area contributed by atoms with Crippen LogP contribution < -0.4 is 10.6 Å². The van der Waals surface area contributed by atoms with E-state index in [9.17, 15) is 4.79 Å². The van der Waals surface area contributed by atoms with E-state index in [0.717, 1.165) is 45.2 Å². The van der Waals surface area contributed by atoms with Gasteiger partial charge in [0, 0.05) is 45.7 Å². The van der Waals surface area contributed by atoms with Crippen LogP contribution in [0.4, 0.5) is 0 Å². The second-order valence-corrected chi connectivity index (χ2v) is 8.06. The number of amides is 1. The molecule has 1 fully saturated rings. The molecule has 9 nitrogen and oxygen atoms in total. The van der Waals surface area contributed by atoms with Crippen molar-refractivity contribution in [1.29, 1.82) is 0 Å². The Labute approximate surface area is 190 Å². The van der Waals surface area contributed by atoms with E-state index < -0.39 is 0 Å². The van der Waals surface area contributed by atoms with Crippen LogP contribution in [0.2, 0.25) is 0 Å². The molecule has 1 aromatic heterocycles. The minimum absolute atomic E-state index is 0. The van der Waals surface area contributed by atoms with Crippen molar-refractivity contribution in [3.05, 3.63) is 17.8 Å². The normalized spacial score (nSPS) is 15.6. The van der Waals surface area contributed by atoms with Crippen LogP contribution in [0.3, 0.4) is 0 Å². The number of carbonyl (C=O) groups excluding carboxylic acids is 1. The predicted octanol–water partition coefficient (Wildman–Crippen LogP) is 1.05. The minimum atomic E-state index is -0.0866. The van der Waals surface area contributed by atoms with E-state index >= 15 is 0 Å². The highest BCUT2D eigenvalue weighted by Crippen LogP contribution is 2.22. The first-order valence-corrected chi connectivity index (χ1v) is 9.73. The van der Waals surface area contributed by atoms with Gasteiger partial charge in [-0.2, -0.15) is 0 Å². The zero-order chi connectivity index (χ0) is 20.6. The van der Waals surface area contributed by atoms with Crippen LogP contribution in [-0.4, -0.2) is 86.7 Å². The molecule has 0 spiro atoms. The molecule has 2 N–H and O–H groups in total. The van der Waals surface area contributed by atoms with E-state index in [1.165, 1.54) is 4.90 Å². The Morgan fingerprint density at radius 1 is 1.28 bits per heavy atom. The molecule has 1 aliphatic rings. The van der Waals surface area contributed by atoms with Gasteiger partial charge in [0.25, 0.3) is 0 Å². The van der Waals surface area contributed by atoms with Gasteiger partial charge in [-0.3, -0.25) is 9.69 Å². The maximum Gasteiger partial charge on any atom is 0.243 e. The zero-order valence-electron chi connectivity index (χ0n) is 18.2. The summed E-state index contributed by atoms with van der Waals surface area (Å²) >= 11 is 0. The first kappa shape index (κ1) is 25.6. The fourth-order valence-electron chi connectivity index (χ4n) is 2.52. The number of aliphatic imine (C=N–C) groups is 1. The highest BCUT2D eigenvalue weighted by Gasteiger charge is 2.19. The number of carbonyl (C=O) groups is 1. The molecule has 2 rings (SSSR count). The number of oxazole rings is 1. The zero-order valence-corrected chi connectivity index (χ0v) is 20.5. The van der Waals surface area contributed by atoms with Crippen molar-refractivity contribution in [2.75, 3.05) is 60.0 Å². The Morgan fingerprint density at radius 3 is 2.55 bits per heavy atom. The number of hydrogen-bond donors (Lipinski definition) is 2.